The molecular weight excluding hydrogens is 262 g/mol. The van der Waals surface area contributed by atoms with E-state index in [1.807, 2.05) is 0 Å². The minimum absolute atomic E-state index is 0.0967. The first kappa shape index (κ1) is 13.0. The van der Waals surface area contributed by atoms with E-state index in [9.17, 15) is 14.7 Å². The number of carboxylic acids is 1. The molecule has 0 aliphatic heterocycles. The highest BCUT2D eigenvalue weighted by molar-refractivity contribution is 5.73. The van der Waals surface area contributed by atoms with E-state index in [-0.39, 0.29) is 23.3 Å². The molecule has 0 aromatic carbocycles. The fraction of sp³-hybridized carbons (Fsp3) is 0.615. The van der Waals surface area contributed by atoms with Crippen LogP contribution in [0.5, 0.6) is 5.75 Å². The molecule has 7 heteroatoms. The molecule has 7 nitrogen and oxygen atoms in total. The van der Waals surface area contributed by atoms with Gasteiger partial charge in [-0.15, -0.1) is 0 Å². The molecule has 0 spiro atoms. The van der Waals surface area contributed by atoms with Gasteiger partial charge in [0.2, 0.25) is 5.75 Å². The van der Waals surface area contributed by atoms with Crippen LogP contribution < -0.4 is 15.6 Å². The second-order valence-corrected chi connectivity index (χ2v) is 5.48. The quantitative estimate of drug-likeness (QED) is 0.749. The molecule has 2 aliphatic carbocycles. The number of carboxylic acid groups (broad SMARTS) is 1. The van der Waals surface area contributed by atoms with Crippen molar-refractivity contribution in [2.24, 2.45) is 17.8 Å². The van der Waals surface area contributed by atoms with Gasteiger partial charge in [0.25, 0.3) is 5.56 Å². The van der Waals surface area contributed by atoms with Crippen LogP contribution in [0.15, 0.2) is 11.1 Å². The standard InChI is InChI=1S/C13H17N3O4/c1-20-10-11(14-5-15-12(10)17)16-9-7-3-2-6(4-7)8(9)13(18)19/h5-9H,2-4H2,1H3,(H,18,19)(H2,14,15,16,17). The summed E-state index contributed by atoms with van der Waals surface area (Å²) in [5, 5.41) is 12.5. The number of ether oxygens (including phenoxy) is 1. The van der Waals surface area contributed by atoms with Crippen molar-refractivity contribution in [2.75, 3.05) is 12.4 Å². The van der Waals surface area contributed by atoms with Crippen LogP contribution in [0, 0.1) is 17.8 Å². The van der Waals surface area contributed by atoms with Crippen molar-refractivity contribution in [1.82, 2.24) is 9.97 Å². The van der Waals surface area contributed by atoms with Gasteiger partial charge in [0.15, 0.2) is 5.82 Å². The highest BCUT2D eigenvalue weighted by Gasteiger charge is 2.51. The summed E-state index contributed by atoms with van der Waals surface area (Å²) < 4.78 is 5.05. The maximum absolute atomic E-state index is 11.6. The number of hydrogen-bond acceptors (Lipinski definition) is 5. The molecule has 2 aliphatic rings. The summed E-state index contributed by atoms with van der Waals surface area (Å²) in [6, 6.07) is -0.186. The van der Waals surface area contributed by atoms with Gasteiger partial charge in [-0.25, -0.2) is 4.98 Å². The Labute approximate surface area is 115 Å². The highest BCUT2D eigenvalue weighted by Crippen LogP contribution is 2.49. The lowest BCUT2D eigenvalue weighted by Gasteiger charge is -2.29. The van der Waals surface area contributed by atoms with Crippen molar-refractivity contribution in [3.8, 4) is 5.75 Å². The summed E-state index contributed by atoms with van der Waals surface area (Å²) in [7, 11) is 1.40. The first-order chi connectivity index (χ1) is 9.61. The van der Waals surface area contributed by atoms with Crippen LogP contribution in [0.4, 0.5) is 5.82 Å². The van der Waals surface area contributed by atoms with Crippen LogP contribution in [0.25, 0.3) is 0 Å². The lowest BCUT2D eigenvalue weighted by atomic mass is 9.84. The summed E-state index contributed by atoms with van der Waals surface area (Å²) in [4.78, 5) is 29.6. The number of fused-ring (bicyclic) bond motifs is 2. The Balaban J connectivity index is 1.89. The summed E-state index contributed by atoms with van der Waals surface area (Å²) >= 11 is 0. The van der Waals surface area contributed by atoms with E-state index >= 15 is 0 Å². The molecule has 2 bridgehead atoms. The Bertz CT molecular complexity index is 585. The molecular formula is C13H17N3O4. The molecule has 2 fully saturated rings. The zero-order valence-electron chi connectivity index (χ0n) is 11.1. The molecule has 108 valence electrons. The molecule has 1 aromatic heterocycles. The van der Waals surface area contributed by atoms with Gasteiger partial charge in [-0.3, -0.25) is 9.59 Å². The van der Waals surface area contributed by atoms with Crippen molar-refractivity contribution in [2.45, 2.75) is 25.3 Å². The minimum Gasteiger partial charge on any atom is -0.489 e. The molecule has 0 amide bonds. The number of aromatic nitrogens is 2. The van der Waals surface area contributed by atoms with E-state index in [4.69, 9.17) is 4.74 Å². The number of aliphatic carboxylic acids is 1. The van der Waals surface area contributed by atoms with Gasteiger partial charge in [-0.1, -0.05) is 0 Å². The van der Waals surface area contributed by atoms with Crippen molar-refractivity contribution in [1.29, 1.82) is 0 Å². The second kappa shape index (κ2) is 4.81. The smallest absolute Gasteiger partial charge is 0.308 e. The largest absolute Gasteiger partial charge is 0.489 e. The maximum atomic E-state index is 11.6. The van der Waals surface area contributed by atoms with Crippen molar-refractivity contribution < 1.29 is 14.6 Å². The Morgan fingerprint density at radius 3 is 2.95 bits per heavy atom. The monoisotopic (exact) mass is 279 g/mol. The van der Waals surface area contributed by atoms with E-state index in [0.717, 1.165) is 19.3 Å². The number of aromatic amines is 1. The average Bonchev–Trinajstić information content (AvgIpc) is 2.99. The molecule has 4 unspecified atom stereocenters. The average molecular weight is 279 g/mol. The third-order valence-electron chi connectivity index (χ3n) is 4.52. The lowest BCUT2D eigenvalue weighted by Crippen LogP contribution is -2.39. The highest BCUT2D eigenvalue weighted by atomic mass is 16.5. The van der Waals surface area contributed by atoms with Gasteiger partial charge >= 0.3 is 5.97 Å². The Kier molecular flexibility index (Phi) is 3.11. The molecule has 20 heavy (non-hydrogen) atoms. The van der Waals surface area contributed by atoms with Gasteiger partial charge in [0.1, 0.15) is 0 Å². The first-order valence-corrected chi connectivity index (χ1v) is 6.73. The summed E-state index contributed by atoms with van der Waals surface area (Å²) in [6.07, 6.45) is 4.22. The Morgan fingerprint density at radius 2 is 2.25 bits per heavy atom. The molecule has 3 N–H and O–H groups in total. The fourth-order valence-corrected chi connectivity index (χ4v) is 3.69. The number of nitrogens with zero attached hydrogens (tertiary/aromatic N) is 1. The number of H-pyrrole nitrogens is 1. The number of anilines is 1. The minimum atomic E-state index is -0.779. The van der Waals surface area contributed by atoms with Gasteiger partial charge in [0, 0.05) is 6.04 Å². The molecule has 2 saturated carbocycles. The molecule has 1 heterocycles. The van der Waals surface area contributed by atoms with E-state index in [1.54, 1.807) is 0 Å². The van der Waals surface area contributed by atoms with Crippen LogP contribution in [0.3, 0.4) is 0 Å². The predicted molar refractivity (Wildman–Crippen MR) is 70.8 cm³/mol. The van der Waals surface area contributed by atoms with Crippen LogP contribution in [0.1, 0.15) is 19.3 Å². The lowest BCUT2D eigenvalue weighted by molar-refractivity contribution is -0.143. The van der Waals surface area contributed by atoms with Gasteiger partial charge < -0.3 is 20.1 Å². The van der Waals surface area contributed by atoms with Crippen LogP contribution in [0.2, 0.25) is 0 Å². The molecule has 0 radical (unpaired) electrons. The maximum Gasteiger partial charge on any atom is 0.308 e. The number of hydrogen-bond donors (Lipinski definition) is 3. The third-order valence-corrected chi connectivity index (χ3v) is 4.52. The zero-order valence-corrected chi connectivity index (χ0v) is 11.1. The first-order valence-electron chi connectivity index (χ1n) is 6.73. The number of methoxy groups -OCH3 is 1. The van der Waals surface area contributed by atoms with E-state index < -0.39 is 11.9 Å². The Hall–Kier alpha value is -2.05. The van der Waals surface area contributed by atoms with E-state index in [2.05, 4.69) is 15.3 Å². The molecule has 1 aromatic rings. The fourth-order valence-electron chi connectivity index (χ4n) is 3.69. The number of rotatable bonds is 4. The summed E-state index contributed by atoms with van der Waals surface area (Å²) in [5.74, 6) is -0.229. The van der Waals surface area contributed by atoms with Crippen LogP contribution in [-0.2, 0) is 4.79 Å². The SMILES string of the molecule is COc1c(NC2C3CCC(C3)C2C(=O)O)nc[nH]c1=O. The van der Waals surface area contributed by atoms with Crippen molar-refractivity contribution >= 4 is 11.8 Å². The molecule has 0 saturated heterocycles. The van der Waals surface area contributed by atoms with Gasteiger partial charge in [0.05, 0.1) is 19.4 Å². The number of carbonyl (C=O) groups is 1. The molecule has 3 rings (SSSR count). The van der Waals surface area contributed by atoms with Crippen molar-refractivity contribution in [3.63, 3.8) is 0 Å². The summed E-state index contributed by atoms with van der Waals surface area (Å²) in [6.45, 7) is 0. The van der Waals surface area contributed by atoms with Crippen LogP contribution in [-0.4, -0.2) is 34.2 Å². The van der Waals surface area contributed by atoms with Gasteiger partial charge in [-0.2, -0.15) is 0 Å². The van der Waals surface area contributed by atoms with Gasteiger partial charge in [-0.05, 0) is 31.1 Å². The second-order valence-electron chi connectivity index (χ2n) is 5.48. The van der Waals surface area contributed by atoms with Crippen LogP contribution >= 0.6 is 0 Å². The number of nitrogens with one attached hydrogen (secondary N) is 2. The zero-order chi connectivity index (χ0) is 14.3. The molecule has 4 atom stereocenters. The van der Waals surface area contributed by atoms with E-state index in [1.165, 1.54) is 13.4 Å². The normalized spacial score (nSPS) is 31.2. The van der Waals surface area contributed by atoms with E-state index in [0.29, 0.717) is 11.7 Å². The predicted octanol–water partition coefficient (Wildman–Crippen LogP) is 0.690. The third kappa shape index (κ3) is 1.93. The summed E-state index contributed by atoms with van der Waals surface area (Å²) in [5.41, 5.74) is -0.375. The topological polar surface area (TPSA) is 104 Å². The Morgan fingerprint density at radius 1 is 1.50 bits per heavy atom. The van der Waals surface area contributed by atoms with Crippen molar-refractivity contribution in [3.05, 3.63) is 16.7 Å².